The van der Waals surface area contributed by atoms with Crippen molar-refractivity contribution in [2.24, 2.45) is 0 Å². The van der Waals surface area contributed by atoms with Gasteiger partial charge in [0.1, 0.15) is 12.4 Å². The number of rotatable bonds is 4. The van der Waals surface area contributed by atoms with E-state index in [1.807, 2.05) is 6.07 Å². The SMILES string of the molecule is O=C(Cn1c(=O)[nH]c2ccccc2c1=O)N1CCCN(Cc2ccccc2F)CC1. The molecule has 30 heavy (non-hydrogen) atoms. The van der Waals surface area contributed by atoms with E-state index in [1.165, 1.54) is 6.07 Å². The Bertz CT molecular complexity index is 1190. The number of aromatic amines is 1. The van der Waals surface area contributed by atoms with Gasteiger partial charge in [0, 0.05) is 38.3 Å². The Hall–Kier alpha value is -3.26. The molecule has 0 spiro atoms. The van der Waals surface area contributed by atoms with Gasteiger partial charge >= 0.3 is 5.69 Å². The van der Waals surface area contributed by atoms with Crippen LogP contribution in [0.1, 0.15) is 12.0 Å². The maximum absolute atomic E-state index is 13.9. The predicted octanol–water partition coefficient (Wildman–Crippen LogP) is 1.56. The number of amides is 1. The van der Waals surface area contributed by atoms with Crippen LogP contribution in [0.5, 0.6) is 0 Å². The van der Waals surface area contributed by atoms with E-state index in [2.05, 4.69) is 9.88 Å². The van der Waals surface area contributed by atoms with Crippen LogP contribution in [0.2, 0.25) is 0 Å². The third-order valence-electron chi connectivity index (χ3n) is 5.48. The summed E-state index contributed by atoms with van der Waals surface area (Å²) < 4.78 is 14.9. The van der Waals surface area contributed by atoms with E-state index in [0.717, 1.165) is 17.5 Å². The summed E-state index contributed by atoms with van der Waals surface area (Å²) in [4.78, 5) is 44.2. The van der Waals surface area contributed by atoms with E-state index in [1.54, 1.807) is 41.3 Å². The normalized spacial score (nSPS) is 15.3. The van der Waals surface area contributed by atoms with Crippen LogP contribution < -0.4 is 11.2 Å². The van der Waals surface area contributed by atoms with Crippen molar-refractivity contribution >= 4 is 16.8 Å². The number of aromatic nitrogens is 2. The van der Waals surface area contributed by atoms with Crippen LogP contribution >= 0.6 is 0 Å². The molecule has 2 aromatic carbocycles. The molecule has 1 amide bonds. The average Bonchev–Trinajstić information content (AvgIpc) is 2.98. The Morgan fingerprint density at radius 1 is 0.967 bits per heavy atom. The molecule has 8 heteroatoms. The zero-order valence-electron chi connectivity index (χ0n) is 16.5. The van der Waals surface area contributed by atoms with Crippen LogP contribution in [0, 0.1) is 5.82 Å². The van der Waals surface area contributed by atoms with Gasteiger partial charge in [-0.3, -0.25) is 19.1 Å². The second kappa shape index (κ2) is 8.62. The van der Waals surface area contributed by atoms with Crippen LogP contribution in [0.15, 0.2) is 58.1 Å². The number of hydrogen-bond donors (Lipinski definition) is 1. The number of para-hydroxylation sites is 1. The van der Waals surface area contributed by atoms with E-state index < -0.39 is 11.2 Å². The van der Waals surface area contributed by atoms with Gasteiger partial charge in [0.25, 0.3) is 5.56 Å². The monoisotopic (exact) mass is 410 g/mol. The summed E-state index contributed by atoms with van der Waals surface area (Å²) >= 11 is 0. The molecule has 0 radical (unpaired) electrons. The maximum Gasteiger partial charge on any atom is 0.329 e. The summed E-state index contributed by atoms with van der Waals surface area (Å²) in [6.07, 6.45) is 0.739. The van der Waals surface area contributed by atoms with E-state index in [0.29, 0.717) is 42.6 Å². The highest BCUT2D eigenvalue weighted by Gasteiger charge is 2.21. The highest BCUT2D eigenvalue weighted by molar-refractivity contribution is 5.79. The van der Waals surface area contributed by atoms with E-state index in [9.17, 15) is 18.8 Å². The summed E-state index contributed by atoms with van der Waals surface area (Å²) in [7, 11) is 0. The molecule has 2 heterocycles. The zero-order chi connectivity index (χ0) is 21.1. The van der Waals surface area contributed by atoms with Crippen molar-refractivity contribution < 1.29 is 9.18 Å². The van der Waals surface area contributed by atoms with E-state index >= 15 is 0 Å². The van der Waals surface area contributed by atoms with Crippen LogP contribution in [0.3, 0.4) is 0 Å². The number of carbonyl (C=O) groups is 1. The first kappa shape index (κ1) is 20.0. The summed E-state index contributed by atoms with van der Waals surface area (Å²) in [5.74, 6) is -0.504. The number of fused-ring (bicyclic) bond motifs is 1. The Morgan fingerprint density at radius 3 is 2.57 bits per heavy atom. The molecule has 1 saturated heterocycles. The minimum atomic E-state index is -0.594. The molecule has 0 bridgehead atoms. The standard InChI is InChI=1S/C22H23FN4O3/c23-18-8-3-1-6-16(18)14-25-10-5-11-26(13-12-25)20(28)15-27-21(29)17-7-2-4-9-19(17)24-22(27)30/h1-4,6-9H,5,10-15H2,(H,24,30). The first-order chi connectivity index (χ1) is 14.5. The highest BCUT2D eigenvalue weighted by Crippen LogP contribution is 2.12. The van der Waals surface area contributed by atoms with Crippen molar-refractivity contribution in [1.82, 2.24) is 19.4 Å². The molecule has 1 N–H and O–H groups in total. The number of carbonyl (C=O) groups excluding carboxylic acids is 1. The molecular formula is C22H23FN4O3. The first-order valence-electron chi connectivity index (χ1n) is 9.98. The number of nitrogens with zero attached hydrogens (tertiary/aromatic N) is 3. The van der Waals surface area contributed by atoms with Crippen LogP contribution in [-0.2, 0) is 17.9 Å². The van der Waals surface area contributed by atoms with Crippen LogP contribution in [0.25, 0.3) is 10.9 Å². The fourth-order valence-electron chi connectivity index (χ4n) is 3.82. The van der Waals surface area contributed by atoms with Crippen molar-refractivity contribution in [3.8, 4) is 0 Å². The molecule has 1 aliphatic rings. The minimum Gasteiger partial charge on any atom is -0.340 e. The molecule has 1 fully saturated rings. The van der Waals surface area contributed by atoms with Gasteiger partial charge < -0.3 is 9.88 Å². The van der Waals surface area contributed by atoms with Gasteiger partial charge in [-0.2, -0.15) is 0 Å². The molecule has 0 unspecified atom stereocenters. The van der Waals surface area contributed by atoms with Crippen LogP contribution in [0.4, 0.5) is 4.39 Å². The number of hydrogen-bond acceptors (Lipinski definition) is 4. The lowest BCUT2D eigenvalue weighted by Gasteiger charge is -2.22. The third-order valence-corrected chi connectivity index (χ3v) is 5.48. The zero-order valence-corrected chi connectivity index (χ0v) is 16.5. The smallest absolute Gasteiger partial charge is 0.329 e. The topological polar surface area (TPSA) is 78.4 Å². The van der Waals surface area contributed by atoms with Gasteiger partial charge in [-0.25, -0.2) is 9.18 Å². The number of halogens is 1. The average molecular weight is 410 g/mol. The Balaban J connectivity index is 1.45. The molecule has 7 nitrogen and oxygen atoms in total. The second-order valence-corrected chi connectivity index (χ2v) is 7.47. The van der Waals surface area contributed by atoms with Crippen molar-refractivity contribution in [3.05, 3.63) is 80.7 Å². The Morgan fingerprint density at radius 2 is 1.73 bits per heavy atom. The Labute approximate surface area is 172 Å². The van der Waals surface area contributed by atoms with Crippen molar-refractivity contribution in [2.45, 2.75) is 19.5 Å². The van der Waals surface area contributed by atoms with Gasteiger partial charge in [-0.05, 0) is 24.6 Å². The van der Waals surface area contributed by atoms with Gasteiger partial charge in [-0.15, -0.1) is 0 Å². The largest absolute Gasteiger partial charge is 0.340 e. The van der Waals surface area contributed by atoms with Crippen LogP contribution in [-0.4, -0.2) is 51.4 Å². The van der Waals surface area contributed by atoms with E-state index in [4.69, 9.17) is 0 Å². The molecule has 0 saturated carbocycles. The van der Waals surface area contributed by atoms with Gasteiger partial charge in [-0.1, -0.05) is 30.3 Å². The quantitative estimate of drug-likeness (QED) is 0.708. The van der Waals surface area contributed by atoms with Crippen molar-refractivity contribution in [2.75, 3.05) is 26.2 Å². The van der Waals surface area contributed by atoms with Crippen molar-refractivity contribution in [1.29, 1.82) is 0 Å². The second-order valence-electron chi connectivity index (χ2n) is 7.47. The number of benzene rings is 2. The third kappa shape index (κ3) is 4.18. The molecule has 1 aromatic heterocycles. The Kier molecular flexibility index (Phi) is 5.76. The lowest BCUT2D eigenvalue weighted by Crippen LogP contribution is -2.43. The number of H-pyrrole nitrogens is 1. The van der Waals surface area contributed by atoms with Gasteiger partial charge in [0.15, 0.2) is 0 Å². The highest BCUT2D eigenvalue weighted by atomic mass is 19.1. The van der Waals surface area contributed by atoms with Gasteiger partial charge in [0.2, 0.25) is 5.91 Å². The number of nitrogens with one attached hydrogen (secondary N) is 1. The maximum atomic E-state index is 13.9. The minimum absolute atomic E-state index is 0.232. The van der Waals surface area contributed by atoms with E-state index in [-0.39, 0.29) is 18.3 Å². The fraction of sp³-hybridized carbons (Fsp3) is 0.318. The molecule has 3 aromatic rings. The molecule has 0 atom stereocenters. The summed E-state index contributed by atoms with van der Waals surface area (Å²) in [5.41, 5.74) is 0.0167. The lowest BCUT2D eigenvalue weighted by molar-refractivity contribution is -0.131. The molecule has 1 aliphatic heterocycles. The molecular weight excluding hydrogens is 387 g/mol. The predicted molar refractivity (Wildman–Crippen MR) is 112 cm³/mol. The molecule has 0 aliphatic carbocycles. The molecule has 156 valence electrons. The lowest BCUT2D eigenvalue weighted by atomic mass is 10.2. The summed E-state index contributed by atoms with van der Waals surface area (Å²) in [5, 5.41) is 0.372. The summed E-state index contributed by atoms with van der Waals surface area (Å²) in [6.45, 7) is 2.53. The summed E-state index contributed by atoms with van der Waals surface area (Å²) in [6, 6.07) is 13.4. The fourth-order valence-corrected chi connectivity index (χ4v) is 3.82. The first-order valence-corrected chi connectivity index (χ1v) is 9.98. The van der Waals surface area contributed by atoms with Crippen molar-refractivity contribution in [3.63, 3.8) is 0 Å². The van der Waals surface area contributed by atoms with Gasteiger partial charge in [0.05, 0.1) is 10.9 Å². The molecule has 4 rings (SSSR count).